The molecule has 0 bridgehead atoms. The molecule has 0 saturated heterocycles. The van der Waals surface area contributed by atoms with Crippen LogP contribution in [0.5, 0.6) is 11.5 Å². The summed E-state index contributed by atoms with van der Waals surface area (Å²) in [6, 6.07) is 3.59. The van der Waals surface area contributed by atoms with Crippen LogP contribution in [-0.4, -0.2) is 30.2 Å². The van der Waals surface area contributed by atoms with Crippen molar-refractivity contribution in [2.45, 2.75) is 31.3 Å². The first kappa shape index (κ1) is 11.5. The molecule has 0 aromatic heterocycles. The highest BCUT2D eigenvalue weighted by molar-refractivity contribution is 5.82. The molecule has 1 aliphatic heterocycles. The van der Waals surface area contributed by atoms with Crippen molar-refractivity contribution in [2.24, 2.45) is 0 Å². The summed E-state index contributed by atoms with van der Waals surface area (Å²) in [5, 5.41) is 10.0. The molecule has 0 spiro atoms. The molecule has 1 saturated carbocycles. The Morgan fingerprint density at radius 2 is 1.94 bits per heavy atom. The molecule has 0 atom stereocenters. The molecular weight excluding hydrogens is 232 g/mol. The molecule has 1 aromatic carbocycles. The Bertz CT molecular complexity index is 477. The predicted molar refractivity (Wildman–Crippen MR) is 65.3 cm³/mol. The van der Waals surface area contributed by atoms with Crippen LogP contribution in [0.25, 0.3) is 0 Å². The Balaban J connectivity index is 2.01. The van der Waals surface area contributed by atoms with Crippen LogP contribution in [0.2, 0.25) is 0 Å². The minimum atomic E-state index is -0.577. The minimum absolute atomic E-state index is 0.512. The van der Waals surface area contributed by atoms with Crippen molar-refractivity contribution in [1.82, 2.24) is 0 Å². The van der Waals surface area contributed by atoms with Gasteiger partial charge in [0, 0.05) is 18.4 Å². The highest BCUT2D eigenvalue weighted by Crippen LogP contribution is 2.43. The van der Waals surface area contributed by atoms with Gasteiger partial charge in [-0.2, -0.15) is 0 Å². The quantitative estimate of drug-likeness (QED) is 0.828. The topological polar surface area (TPSA) is 55.8 Å². The summed E-state index contributed by atoms with van der Waals surface area (Å²) in [6.45, 7) is 1.14. The van der Waals surface area contributed by atoms with E-state index < -0.39 is 5.60 Å². The Labute approximate surface area is 106 Å². The zero-order chi connectivity index (χ0) is 12.6. The number of aliphatic hydroxyl groups is 1. The van der Waals surface area contributed by atoms with Gasteiger partial charge in [-0.05, 0) is 18.9 Å². The summed E-state index contributed by atoms with van der Waals surface area (Å²) in [5.74, 6) is 1.17. The fourth-order valence-corrected chi connectivity index (χ4v) is 2.24. The lowest BCUT2D eigenvalue weighted by molar-refractivity contribution is 0.111. The number of aldehydes is 1. The number of benzene rings is 1. The van der Waals surface area contributed by atoms with E-state index in [1.165, 1.54) is 0 Å². The van der Waals surface area contributed by atoms with Crippen LogP contribution in [0.15, 0.2) is 12.1 Å². The summed E-state index contributed by atoms with van der Waals surface area (Å²) >= 11 is 0. The molecule has 1 aromatic rings. The highest BCUT2D eigenvalue weighted by atomic mass is 16.5. The number of hydrogen-bond donors (Lipinski definition) is 1. The van der Waals surface area contributed by atoms with Gasteiger partial charge in [0.05, 0.1) is 24.4 Å². The molecule has 4 heteroatoms. The molecule has 0 unspecified atom stereocenters. The predicted octanol–water partition coefficient (Wildman–Crippen LogP) is 1.73. The Morgan fingerprint density at radius 3 is 2.61 bits per heavy atom. The van der Waals surface area contributed by atoms with Gasteiger partial charge in [0.25, 0.3) is 0 Å². The van der Waals surface area contributed by atoms with E-state index in [0.29, 0.717) is 36.7 Å². The summed E-state index contributed by atoms with van der Waals surface area (Å²) < 4.78 is 11.3. The van der Waals surface area contributed by atoms with Gasteiger partial charge in [0.1, 0.15) is 0 Å². The monoisotopic (exact) mass is 248 g/mol. The smallest absolute Gasteiger partial charge is 0.171 e. The van der Waals surface area contributed by atoms with Gasteiger partial charge in [-0.1, -0.05) is 6.07 Å². The van der Waals surface area contributed by atoms with Gasteiger partial charge < -0.3 is 14.6 Å². The van der Waals surface area contributed by atoms with E-state index in [9.17, 15) is 9.90 Å². The van der Waals surface area contributed by atoms with Crippen LogP contribution in [0.1, 0.15) is 35.2 Å². The van der Waals surface area contributed by atoms with Crippen molar-refractivity contribution >= 4 is 6.29 Å². The standard InChI is InChI=1S/C14H16O4/c15-9-11-3-2-10(8-14(16)4-5-14)12-13(11)18-7-1-6-17-12/h2-3,9,16H,1,4-8H2. The molecule has 0 radical (unpaired) electrons. The van der Waals surface area contributed by atoms with E-state index >= 15 is 0 Å². The lowest BCUT2D eigenvalue weighted by Crippen LogP contribution is -2.12. The van der Waals surface area contributed by atoms with Crippen molar-refractivity contribution in [2.75, 3.05) is 13.2 Å². The van der Waals surface area contributed by atoms with Gasteiger partial charge in [0.15, 0.2) is 17.8 Å². The van der Waals surface area contributed by atoms with Crippen molar-refractivity contribution < 1.29 is 19.4 Å². The van der Waals surface area contributed by atoms with Gasteiger partial charge >= 0.3 is 0 Å². The van der Waals surface area contributed by atoms with E-state index in [1.807, 2.05) is 6.07 Å². The molecule has 0 amide bonds. The summed E-state index contributed by atoms with van der Waals surface area (Å²) in [5.41, 5.74) is 0.863. The van der Waals surface area contributed by atoms with Gasteiger partial charge in [-0.25, -0.2) is 0 Å². The molecule has 1 N–H and O–H groups in total. The summed E-state index contributed by atoms with van der Waals surface area (Å²) in [4.78, 5) is 11.0. The SMILES string of the molecule is O=Cc1ccc(CC2(O)CC2)c2c1OCCCO2. The Morgan fingerprint density at radius 1 is 1.22 bits per heavy atom. The Kier molecular flexibility index (Phi) is 2.74. The number of carbonyl (C=O) groups is 1. The number of hydrogen-bond acceptors (Lipinski definition) is 4. The molecule has 2 aliphatic rings. The van der Waals surface area contributed by atoms with Gasteiger partial charge in [0.2, 0.25) is 0 Å². The van der Waals surface area contributed by atoms with E-state index in [-0.39, 0.29) is 0 Å². The van der Waals surface area contributed by atoms with Crippen LogP contribution in [0, 0.1) is 0 Å². The fraction of sp³-hybridized carbons (Fsp3) is 0.500. The van der Waals surface area contributed by atoms with Crippen LogP contribution >= 0.6 is 0 Å². The normalized spacial score (nSPS) is 20.1. The largest absolute Gasteiger partial charge is 0.489 e. The molecule has 4 nitrogen and oxygen atoms in total. The van der Waals surface area contributed by atoms with Gasteiger partial charge in [-0.15, -0.1) is 0 Å². The number of rotatable bonds is 3. The zero-order valence-corrected chi connectivity index (χ0v) is 10.1. The third-order valence-electron chi connectivity index (χ3n) is 3.48. The van der Waals surface area contributed by atoms with Crippen LogP contribution in [0.3, 0.4) is 0 Å². The molecule has 1 aliphatic carbocycles. The molecular formula is C14H16O4. The molecule has 1 heterocycles. The summed E-state index contributed by atoms with van der Waals surface area (Å²) in [6.07, 6.45) is 3.81. The number of carbonyl (C=O) groups excluding carboxylic acids is 1. The Hall–Kier alpha value is -1.55. The van der Waals surface area contributed by atoms with Crippen molar-refractivity contribution in [1.29, 1.82) is 0 Å². The van der Waals surface area contributed by atoms with E-state index in [4.69, 9.17) is 9.47 Å². The third-order valence-corrected chi connectivity index (χ3v) is 3.48. The second kappa shape index (κ2) is 4.28. The van der Waals surface area contributed by atoms with Crippen LogP contribution in [0.4, 0.5) is 0 Å². The van der Waals surface area contributed by atoms with Crippen LogP contribution in [-0.2, 0) is 6.42 Å². The maximum atomic E-state index is 11.0. The number of fused-ring (bicyclic) bond motifs is 1. The van der Waals surface area contributed by atoms with Crippen molar-refractivity contribution in [3.05, 3.63) is 23.3 Å². The first-order valence-corrected chi connectivity index (χ1v) is 6.31. The highest BCUT2D eigenvalue weighted by Gasteiger charge is 2.41. The first-order chi connectivity index (χ1) is 8.72. The fourth-order valence-electron chi connectivity index (χ4n) is 2.24. The molecule has 18 heavy (non-hydrogen) atoms. The molecule has 96 valence electrons. The van der Waals surface area contributed by atoms with Crippen molar-refractivity contribution in [3.63, 3.8) is 0 Å². The maximum absolute atomic E-state index is 11.0. The van der Waals surface area contributed by atoms with E-state index in [2.05, 4.69) is 0 Å². The zero-order valence-electron chi connectivity index (χ0n) is 10.1. The lowest BCUT2D eigenvalue weighted by Gasteiger charge is -2.16. The van der Waals surface area contributed by atoms with E-state index in [1.54, 1.807) is 6.07 Å². The van der Waals surface area contributed by atoms with Crippen LogP contribution < -0.4 is 9.47 Å². The van der Waals surface area contributed by atoms with E-state index in [0.717, 1.165) is 31.1 Å². The lowest BCUT2D eigenvalue weighted by atomic mass is 10.0. The summed E-state index contributed by atoms with van der Waals surface area (Å²) in [7, 11) is 0. The maximum Gasteiger partial charge on any atom is 0.171 e. The average molecular weight is 248 g/mol. The first-order valence-electron chi connectivity index (χ1n) is 6.31. The second-order valence-corrected chi connectivity index (χ2v) is 5.04. The second-order valence-electron chi connectivity index (χ2n) is 5.04. The number of ether oxygens (including phenoxy) is 2. The van der Waals surface area contributed by atoms with Crippen molar-refractivity contribution in [3.8, 4) is 11.5 Å². The third kappa shape index (κ3) is 2.08. The average Bonchev–Trinajstić information content (AvgIpc) is 3.12. The van der Waals surface area contributed by atoms with Gasteiger partial charge in [-0.3, -0.25) is 4.79 Å². The molecule has 1 fully saturated rings. The minimum Gasteiger partial charge on any atom is -0.489 e. The molecule has 3 rings (SSSR count).